The van der Waals surface area contributed by atoms with Crippen molar-refractivity contribution in [3.63, 3.8) is 0 Å². The van der Waals surface area contributed by atoms with Crippen molar-refractivity contribution in [2.45, 2.75) is 18.0 Å². The summed E-state index contributed by atoms with van der Waals surface area (Å²) in [6, 6.07) is 2.60. The molecule has 1 heterocycles. The first-order chi connectivity index (χ1) is 9.45. The zero-order valence-electron chi connectivity index (χ0n) is 9.84. The molecule has 0 spiro atoms. The van der Waals surface area contributed by atoms with Crippen molar-refractivity contribution in [3.05, 3.63) is 33.6 Å². The average Bonchev–Trinajstić information content (AvgIpc) is 2.90. The predicted molar refractivity (Wildman–Crippen MR) is 70.6 cm³/mol. The highest BCUT2D eigenvalue weighted by Gasteiger charge is 2.21. The van der Waals surface area contributed by atoms with Gasteiger partial charge in [0, 0.05) is 10.6 Å². The molecule has 2 rings (SSSR count). The summed E-state index contributed by atoms with van der Waals surface area (Å²) in [5.41, 5.74) is 0.149. The third kappa shape index (κ3) is 3.07. The van der Waals surface area contributed by atoms with Gasteiger partial charge < -0.3 is 5.11 Å². The van der Waals surface area contributed by atoms with Crippen LogP contribution in [-0.4, -0.2) is 34.1 Å². The van der Waals surface area contributed by atoms with E-state index in [0.29, 0.717) is 0 Å². The predicted octanol–water partition coefficient (Wildman–Crippen LogP) is 0.477. The summed E-state index contributed by atoms with van der Waals surface area (Å²) in [4.78, 5) is -0.184. The Balaban J connectivity index is 2.30. The van der Waals surface area contributed by atoms with E-state index in [0.717, 1.165) is 0 Å². The second kappa shape index (κ2) is 6.02. The van der Waals surface area contributed by atoms with Crippen LogP contribution in [0.1, 0.15) is 11.4 Å². The van der Waals surface area contributed by atoms with Crippen LogP contribution in [-0.2, 0) is 23.2 Å². The lowest BCUT2D eigenvalue weighted by Crippen LogP contribution is -2.24. The molecule has 3 N–H and O–H groups in total. The van der Waals surface area contributed by atoms with Gasteiger partial charge in [0.15, 0.2) is 5.82 Å². The monoisotopic (exact) mass is 337 g/mol. The third-order valence-corrected chi connectivity index (χ3v) is 4.75. The zero-order valence-corrected chi connectivity index (χ0v) is 12.2. The van der Waals surface area contributed by atoms with Crippen LogP contribution in [0.25, 0.3) is 0 Å². The van der Waals surface area contributed by atoms with E-state index in [-0.39, 0.29) is 32.9 Å². The molecule has 0 unspecified atom stereocenters. The summed E-state index contributed by atoms with van der Waals surface area (Å²) in [5, 5.41) is 22.0. The molecule has 0 saturated carbocycles. The molecule has 0 aliphatic carbocycles. The second-order valence-corrected chi connectivity index (χ2v) is 6.17. The molecule has 1 aromatic carbocycles. The number of tetrazole rings is 1. The van der Waals surface area contributed by atoms with Gasteiger partial charge in [0.05, 0.1) is 18.2 Å². The lowest BCUT2D eigenvalue weighted by Gasteiger charge is -2.10. The Bertz CT molecular complexity index is 705. The van der Waals surface area contributed by atoms with E-state index < -0.39 is 16.6 Å². The number of aromatic amines is 1. The second-order valence-electron chi connectivity index (χ2n) is 3.65. The maximum Gasteiger partial charge on any atom is 0.242 e. The van der Waals surface area contributed by atoms with Crippen LogP contribution < -0.4 is 4.72 Å². The number of hydrogen-bond acceptors (Lipinski definition) is 6. The van der Waals surface area contributed by atoms with Crippen molar-refractivity contribution in [1.82, 2.24) is 25.3 Å². The zero-order chi connectivity index (χ0) is 14.8. The molecule has 20 heavy (non-hydrogen) atoms. The molecule has 0 atom stereocenters. The van der Waals surface area contributed by atoms with Gasteiger partial charge in [-0.25, -0.2) is 13.1 Å². The van der Waals surface area contributed by atoms with Gasteiger partial charge in [0.1, 0.15) is 4.90 Å². The number of nitrogens with zero attached hydrogens (tertiary/aromatic N) is 3. The maximum atomic E-state index is 12.1. The maximum absolute atomic E-state index is 12.1. The standard InChI is InChI=1S/C9H9Cl2N5O3S/c10-6-1-2-7(9(11)5(6)4-17)20(18,19)12-3-8-13-15-16-14-8/h1-2,12,17H,3-4H2,(H,13,14,15,16). The summed E-state index contributed by atoms with van der Waals surface area (Å²) in [6.45, 7) is -0.613. The molecule has 2 aromatic rings. The molecule has 0 aliphatic rings. The normalized spacial score (nSPS) is 11.8. The summed E-state index contributed by atoms with van der Waals surface area (Å²) in [6.07, 6.45) is 0. The Morgan fingerprint density at radius 2 is 2.10 bits per heavy atom. The van der Waals surface area contributed by atoms with Gasteiger partial charge in [0.25, 0.3) is 0 Å². The molecule has 1 aromatic heterocycles. The number of H-pyrrole nitrogens is 1. The molecule has 11 heteroatoms. The van der Waals surface area contributed by atoms with Gasteiger partial charge in [-0.15, -0.1) is 10.2 Å². The lowest BCUT2D eigenvalue weighted by atomic mass is 10.2. The molecule has 0 aliphatic heterocycles. The number of sulfonamides is 1. The minimum Gasteiger partial charge on any atom is -0.392 e. The summed E-state index contributed by atoms with van der Waals surface area (Å²) >= 11 is 11.8. The van der Waals surface area contributed by atoms with Crippen molar-refractivity contribution >= 4 is 33.2 Å². The highest BCUT2D eigenvalue weighted by molar-refractivity contribution is 7.89. The van der Waals surface area contributed by atoms with E-state index >= 15 is 0 Å². The molecule has 0 radical (unpaired) electrons. The fourth-order valence-electron chi connectivity index (χ4n) is 1.42. The Hall–Kier alpha value is -1.26. The van der Waals surface area contributed by atoms with Gasteiger partial charge in [-0.2, -0.15) is 5.21 Å². The van der Waals surface area contributed by atoms with Crippen molar-refractivity contribution in [2.24, 2.45) is 0 Å². The van der Waals surface area contributed by atoms with Crippen LogP contribution in [0.3, 0.4) is 0 Å². The first kappa shape index (κ1) is 15.1. The van der Waals surface area contributed by atoms with Gasteiger partial charge in [-0.1, -0.05) is 28.4 Å². The first-order valence-corrected chi connectivity index (χ1v) is 7.49. The van der Waals surface area contributed by atoms with Crippen molar-refractivity contribution < 1.29 is 13.5 Å². The molecule has 8 nitrogen and oxygen atoms in total. The van der Waals surface area contributed by atoms with Crippen LogP contribution in [0.2, 0.25) is 10.0 Å². The van der Waals surface area contributed by atoms with Crippen LogP contribution in [0, 0.1) is 0 Å². The lowest BCUT2D eigenvalue weighted by molar-refractivity contribution is 0.281. The number of halogens is 2. The minimum absolute atomic E-state index is 0.124. The van der Waals surface area contributed by atoms with E-state index in [1.807, 2.05) is 0 Å². The molecule has 108 valence electrons. The summed E-state index contributed by atoms with van der Waals surface area (Å²) < 4.78 is 26.5. The number of benzene rings is 1. The van der Waals surface area contributed by atoms with Crippen LogP contribution in [0.4, 0.5) is 0 Å². The number of rotatable bonds is 5. The third-order valence-electron chi connectivity index (χ3n) is 2.41. The average molecular weight is 338 g/mol. The van der Waals surface area contributed by atoms with Gasteiger partial charge >= 0.3 is 0 Å². The number of aliphatic hydroxyl groups is 1. The number of aromatic nitrogens is 4. The van der Waals surface area contributed by atoms with Crippen molar-refractivity contribution in [3.8, 4) is 0 Å². The van der Waals surface area contributed by atoms with Crippen molar-refractivity contribution in [1.29, 1.82) is 0 Å². The highest BCUT2D eigenvalue weighted by atomic mass is 35.5. The van der Waals surface area contributed by atoms with E-state index in [1.165, 1.54) is 12.1 Å². The fraction of sp³-hybridized carbons (Fsp3) is 0.222. The fourth-order valence-corrected chi connectivity index (χ4v) is 3.30. The van der Waals surface area contributed by atoms with E-state index in [2.05, 4.69) is 25.3 Å². The van der Waals surface area contributed by atoms with Crippen LogP contribution in [0.15, 0.2) is 17.0 Å². The summed E-state index contributed by atoms with van der Waals surface area (Å²) in [5.74, 6) is 0.182. The van der Waals surface area contributed by atoms with E-state index in [1.54, 1.807) is 0 Å². The Morgan fingerprint density at radius 1 is 1.35 bits per heavy atom. The Labute approximate surface area is 124 Å². The van der Waals surface area contributed by atoms with Crippen LogP contribution >= 0.6 is 23.2 Å². The quantitative estimate of drug-likeness (QED) is 0.729. The molecule has 0 fully saturated rings. The topological polar surface area (TPSA) is 121 Å². The van der Waals surface area contributed by atoms with Gasteiger partial charge in [-0.05, 0) is 12.1 Å². The van der Waals surface area contributed by atoms with E-state index in [4.69, 9.17) is 28.3 Å². The number of nitrogens with one attached hydrogen (secondary N) is 2. The molecule has 0 saturated heterocycles. The minimum atomic E-state index is -3.89. The smallest absolute Gasteiger partial charge is 0.242 e. The molecule has 0 amide bonds. The SMILES string of the molecule is O=S(=O)(NCc1nn[nH]n1)c1ccc(Cl)c(CO)c1Cl. The van der Waals surface area contributed by atoms with E-state index in [9.17, 15) is 8.42 Å². The first-order valence-electron chi connectivity index (χ1n) is 5.25. The van der Waals surface area contributed by atoms with Gasteiger partial charge in [-0.3, -0.25) is 0 Å². The van der Waals surface area contributed by atoms with Crippen molar-refractivity contribution in [2.75, 3.05) is 0 Å². The highest BCUT2D eigenvalue weighted by Crippen LogP contribution is 2.30. The largest absolute Gasteiger partial charge is 0.392 e. The Kier molecular flexibility index (Phi) is 4.55. The molecule has 0 bridgehead atoms. The number of aliphatic hydroxyl groups excluding tert-OH is 1. The number of hydrogen-bond donors (Lipinski definition) is 3. The Morgan fingerprint density at radius 3 is 2.70 bits per heavy atom. The van der Waals surface area contributed by atoms with Crippen LogP contribution in [0.5, 0.6) is 0 Å². The molecular formula is C9H9Cl2N5O3S. The summed E-state index contributed by atoms with van der Waals surface area (Å²) in [7, 11) is -3.89. The molecular weight excluding hydrogens is 329 g/mol. The van der Waals surface area contributed by atoms with Gasteiger partial charge in [0.2, 0.25) is 10.0 Å².